The summed E-state index contributed by atoms with van der Waals surface area (Å²) < 4.78 is 5.25. The van der Waals surface area contributed by atoms with Crippen LogP contribution in [0.3, 0.4) is 0 Å². The first-order valence-corrected chi connectivity index (χ1v) is 6.13. The summed E-state index contributed by atoms with van der Waals surface area (Å²) in [5, 5.41) is 2.89. The molecule has 2 N–H and O–H groups in total. The van der Waals surface area contributed by atoms with E-state index < -0.39 is 0 Å². The van der Waals surface area contributed by atoms with Crippen molar-refractivity contribution in [3.63, 3.8) is 0 Å². The van der Waals surface area contributed by atoms with E-state index in [2.05, 4.69) is 10.3 Å². The fourth-order valence-electron chi connectivity index (χ4n) is 2.07. The number of benzene rings is 1. The Morgan fingerprint density at radius 2 is 1.95 bits per heavy atom. The number of methoxy groups -OCH3 is 1. The van der Waals surface area contributed by atoms with Gasteiger partial charge in [0.25, 0.3) is 5.91 Å². The van der Waals surface area contributed by atoms with E-state index in [9.17, 15) is 4.79 Å². The Hall–Kier alpha value is -2.23. The summed E-state index contributed by atoms with van der Waals surface area (Å²) in [5.41, 5.74) is 4.24. The van der Waals surface area contributed by atoms with E-state index in [1.807, 2.05) is 45.0 Å². The SMILES string of the molecule is COc1ccc(C)cc1NC(=O)c1cc(C)[nH]c1C. The molecule has 0 aliphatic carbocycles. The van der Waals surface area contributed by atoms with Gasteiger partial charge < -0.3 is 15.0 Å². The lowest BCUT2D eigenvalue weighted by atomic mass is 10.2. The zero-order valence-corrected chi connectivity index (χ0v) is 11.6. The van der Waals surface area contributed by atoms with E-state index in [1.54, 1.807) is 7.11 Å². The highest BCUT2D eigenvalue weighted by molar-refractivity contribution is 6.06. The predicted molar refractivity (Wildman–Crippen MR) is 76.0 cm³/mol. The van der Waals surface area contributed by atoms with Crippen LogP contribution in [0.25, 0.3) is 0 Å². The molecule has 2 aromatic rings. The van der Waals surface area contributed by atoms with Crippen LogP contribution < -0.4 is 10.1 Å². The number of carbonyl (C=O) groups excluding carboxylic acids is 1. The maximum absolute atomic E-state index is 12.2. The van der Waals surface area contributed by atoms with Crippen LogP contribution in [0.15, 0.2) is 24.3 Å². The third-order valence-corrected chi connectivity index (χ3v) is 3.00. The van der Waals surface area contributed by atoms with Gasteiger partial charge in [0.2, 0.25) is 0 Å². The van der Waals surface area contributed by atoms with Crippen LogP contribution in [0.1, 0.15) is 27.3 Å². The van der Waals surface area contributed by atoms with Crippen molar-refractivity contribution in [1.29, 1.82) is 0 Å². The molecule has 0 aliphatic heterocycles. The summed E-state index contributed by atoms with van der Waals surface area (Å²) in [4.78, 5) is 15.4. The summed E-state index contributed by atoms with van der Waals surface area (Å²) in [6.07, 6.45) is 0. The average Bonchev–Trinajstić information content (AvgIpc) is 2.69. The normalized spacial score (nSPS) is 10.3. The second kappa shape index (κ2) is 5.18. The van der Waals surface area contributed by atoms with Gasteiger partial charge in [-0.2, -0.15) is 0 Å². The Labute approximate surface area is 112 Å². The molecule has 1 heterocycles. The number of carbonyl (C=O) groups is 1. The van der Waals surface area contributed by atoms with Gasteiger partial charge in [0.1, 0.15) is 5.75 Å². The predicted octanol–water partition coefficient (Wildman–Crippen LogP) is 3.20. The largest absolute Gasteiger partial charge is 0.495 e. The number of hydrogen-bond donors (Lipinski definition) is 2. The Bertz CT molecular complexity index is 615. The zero-order chi connectivity index (χ0) is 14.0. The second-order valence-corrected chi connectivity index (χ2v) is 4.65. The quantitative estimate of drug-likeness (QED) is 0.888. The van der Waals surface area contributed by atoms with Gasteiger partial charge in [-0.1, -0.05) is 6.07 Å². The molecule has 1 aromatic carbocycles. The van der Waals surface area contributed by atoms with Gasteiger partial charge in [0.05, 0.1) is 18.4 Å². The van der Waals surface area contributed by atoms with Crippen molar-refractivity contribution in [2.45, 2.75) is 20.8 Å². The highest BCUT2D eigenvalue weighted by Crippen LogP contribution is 2.26. The van der Waals surface area contributed by atoms with Crippen molar-refractivity contribution < 1.29 is 9.53 Å². The number of aromatic nitrogens is 1. The van der Waals surface area contributed by atoms with Crippen LogP contribution in [-0.2, 0) is 0 Å². The minimum atomic E-state index is -0.134. The highest BCUT2D eigenvalue weighted by atomic mass is 16.5. The maximum Gasteiger partial charge on any atom is 0.257 e. The summed E-state index contributed by atoms with van der Waals surface area (Å²) >= 11 is 0. The van der Waals surface area contributed by atoms with Crippen LogP contribution in [0.5, 0.6) is 5.75 Å². The Balaban J connectivity index is 2.28. The molecule has 0 radical (unpaired) electrons. The molecule has 0 unspecified atom stereocenters. The highest BCUT2D eigenvalue weighted by Gasteiger charge is 2.13. The smallest absolute Gasteiger partial charge is 0.257 e. The molecule has 0 atom stereocenters. The number of ether oxygens (including phenoxy) is 1. The average molecular weight is 258 g/mol. The monoisotopic (exact) mass is 258 g/mol. The Morgan fingerprint density at radius 1 is 1.21 bits per heavy atom. The number of aromatic amines is 1. The van der Waals surface area contributed by atoms with E-state index in [0.717, 1.165) is 17.0 Å². The van der Waals surface area contributed by atoms with E-state index in [-0.39, 0.29) is 5.91 Å². The topological polar surface area (TPSA) is 54.1 Å². The molecule has 2 rings (SSSR count). The van der Waals surface area contributed by atoms with Gasteiger partial charge in [-0.3, -0.25) is 4.79 Å². The minimum absolute atomic E-state index is 0.134. The molecule has 0 saturated carbocycles. The molecule has 4 nitrogen and oxygen atoms in total. The number of anilines is 1. The summed E-state index contributed by atoms with van der Waals surface area (Å²) in [5.74, 6) is 0.523. The van der Waals surface area contributed by atoms with Gasteiger partial charge in [0, 0.05) is 11.4 Å². The maximum atomic E-state index is 12.2. The third-order valence-electron chi connectivity index (χ3n) is 3.00. The van der Waals surface area contributed by atoms with Gasteiger partial charge >= 0.3 is 0 Å². The van der Waals surface area contributed by atoms with Crippen molar-refractivity contribution in [2.24, 2.45) is 0 Å². The van der Waals surface area contributed by atoms with Crippen LogP contribution >= 0.6 is 0 Å². The molecular weight excluding hydrogens is 240 g/mol. The standard InChI is InChI=1S/C15H18N2O2/c1-9-5-6-14(19-4)13(7-9)17-15(18)12-8-10(2)16-11(12)3/h5-8,16H,1-4H3,(H,17,18). The van der Waals surface area contributed by atoms with Crippen molar-refractivity contribution in [2.75, 3.05) is 12.4 Å². The number of aryl methyl sites for hydroxylation is 3. The zero-order valence-electron chi connectivity index (χ0n) is 11.6. The number of hydrogen-bond acceptors (Lipinski definition) is 2. The molecule has 1 amide bonds. The lowest BCUT2D eigenvalue weighted by Crippen LogP contribution is -2.13. The molecule has 100 valence electrons. The number of rotatable bonds is 3. The van der Waals surface area contributed by atoms with Crippen LogP contribution in [0.4, 0.5) is 5.69 Å². The number of H-pyrrole nitrogens is 1. The molecule has 1 aromatic heterocycles. The molecule has 19 heavy (non-hydrogen) atoms. The fourth-order valence-corrected chi connectivity index (χ4v) is 2.07. The first kappa shape index (κ1) is 13.2. The summed E-state index contributed by atoms with van der Waals surface area (Å²) in [6.45, 7) is 5.78. The molecule has 0 bridgehead atoms. The van der Waals surface area contributed by atoms with Crippen LogP contribution in [0, 0.1) is 20.8 Å². The van der Waals surface area contributed by atoms with Gasteiger partial charge in [-0.25, -0.2) is 0 Å². The first-order valence-electron chi connectivity index (χ1n) is 6.13. The Morgan fingerprint density at radius 3 is 2.53 bits per heavy atom. The lowest BCUT2D eigenvalue weighted by Gasteiger charge is -2.10. The van der Waals surface area contributed by atoms with Gasteiger partial charge in [0.15, 0.2) is 0 Å². The summed E-state index contributed by atoms with van der Waals surface area (Å²) in [6, 6.07) is 7.53. The van der Waals surface area contributed by atoms with Crippen molar-refractivity contribution in [3.05, 3.63) is 46.8 Å². The second-order valence-electron chi connectivity index (χ2n) is 4.65. The van der Waals surface area contributed by atoms with Crippen molar-refractivity contribution in [3.8, 4) is 5.75 Å². The Kier molecular flexibility index (Phi) is 3.60. The number of nitrogens with one attached hydrogen (secondary N) is 2. The van der Waals surface area contributed by atoms with E-state index in [0.29, 0.717) is 17.0 Å². The molecule has 4 heteroatoms. The molecule has 0 fully saturated rings. The fraction of sp³-hybridized carbons (Fsp3) is 0.267. The van der Waals surface area contributed by atoms with Crippen LogP contribution in [-0.4, -0.2) is 18.0 Å². The summed E-state index contributed by atoms with van der Waals surface area (Å²) in [7, 11) is 1.59. The molecule has 0 spiro atoms. The van der Waals surface area contributed by atoms with E-state index in [4.69, 9.17) is 4.74 Å². The van der Waals surface area contributed by atoms with Crippen LogP contribution in [0.2, 0.25) is 0 Å². The molecule has 0 saturated heterocycles. The number of amides is 1. The molecule has 0 aliphatic rings. The first-order chi connectivity index (χ1) is 9.01. The lowest BCUT2D eigenvalue weighted by molar-refractivity contribution is 0.102. The third kappa shape index (κ3) is 2.78. The minimum Gasteiger partial charge on any atom is -0.495 e. The van der Waals surface area contributed by atoms with E-state index in [1.165, 1.54) is 0 Å². The van der Waals surface area contributed by atoms with E-state index >= 15 is 0 Å². The van der Waals surface area contributed by atoms with Crippen molar-refractivity contribution in [1.82, 2.24) is 4.98 Å². The molecular formula is C15H18N2O2. The van der Waals surface area contributed by atoms with Gasteiger partial charge in [-0.05, 0) is 44.5 Å². The van der Waals surface area contributed by atoms with Crippen molar-refractivity contribution >= 4 is 11.6 Å². The van der Waals surface area contributed by atoms with Gasteiger partial charge in [-0.15, -0.1) is 0 Å².